The van der Waals surface area contributed by atoms with E-state index < -0.39 is 0 Å². The number of thiophene rings is 1. The normalized spacial score (nSPS) is 11.8. The Labute approximate surface area is 310 Å². The van der Waals surface area contributed by atoms with Gasteiger partial charge in [-0.25, -0.2) is 0 Å². The fraction of sp³-hybridized carbons (Fsp3) is 0. The zero-order valence-electron chi connectivity index (χ0n) is 28.7. The third-order valence-electron chi connectivity index (χ3n) is 10.7. The molecule has 0 N–H and O–H groups in total. The first-order chi connectivity index (χ1) is 26.3. The lowest BCUT2D eigenvalue weighted by Crippen LogP contribution is -2.10. The fourth-order valence-corrected chi connectivity index (χ4v) is 9.45. The highest BCUT2D eigenvalue weighted by Crippen LogP contribution is 2.48. The Kier molecular flexibility index (Phi) is 6.76. The Bertz CT molecular complexity index is 3170. The Morgan fingerprint density at radius 2 is 1.06 bits per heavy atom. The zero-order chi connectivity index (χ0) is 34.9. The second-order valence-electron chi connectivity index (χ2n) is 13.6. The predicted molar refractivity (Wildman–Crippen MR) is 227 cm³/mol. The summed E-state index contributed by atoms with van der Waals surface area (Å²) in [6.45, 7) is 0. The van der Waals surface area contributed by atoms with E-state index in [0.717, 1.165) is 55.6 Å². The number of nitrogens with zero attached hydrogens (tertiary/aromatic N) is 1. The summed E-state index contributed by atoms with van der Waals surface area (Å²) in [6.07, 6.45) is 0. The molecule has 0 atom stereocenters. The third-order valence-corrected chi connectivity index (χ3v) is 11.9. The van der Waals surface area contributed by atoms with Crippen LogP contribution in [0.5, 0.6) is 0 Å². The van der Waals surface area contributed by atoms with Crippen molar-refractivity contribution in [1.82, 2.24) is 0 Å². The fourth-order valence-electron chi connectivity index (χ4n) is 8.24. The average molecular weight is 694 g/mol. The van der Waals surface area contributed by atoms with Gasteiger partial charge in [0.1, 0.15) is 11.2 Å². The van der Waals surface area contributed by atoms with Crippen molar-refractivity contribution < 1.29 is 4.42 Å². The number of furan rings is 1. The smallest absolute Gasteiger partial charge is 0.143 e. The molecule has 11 aromatic rings. The van der Waals surface area contributed by atoms with Crippen molar-refractivity contribution in [3.05, 3.63) is 188 Å². The number of hydrogen-bond acceptors (Lipinski definition) is 3. The summed E-state index contributed by atoms with van der Waals surface area (Å²) in [5.74, 6) is 0. The third kappa shape index (κ3) is 4.71. The summed E-state index contributed by atoms with van der Waals surface area (Å²) >= 11 is 1.86. The van der Waals surface area contributed by atoms with Crippen molar-refractivity contribution in [1.29, 1.82) is 0 Å². The van der Waals surface area contributed by atoms with Gasteiger partial charge in [0.2, 0.25) is 0 Å². The van der Waals surface area contributed by atoms with Crippen LogP contribution in [0, 0.1) is 0 Å². The highest BCUT2D eigenvalue weighted by atomic mass is 32.1. The van der Waals surface area contributed by atoms with E-state index in [2.05, 4.69) is 187 Å². The molecule has 0 spiro atoms. The molecule has 0 aliphatic rings. The standard InChI is InChI=1S/C50H31NOS/c1-2-12-32(13-3-1)38-31-30-37(48-43-17-6-8-22-46(43)52-49(38)48)34-24-27-35(28-25-34)51(45-21-11-19-42-41-16-7-9-23-47(41)53-50(42)45)44-20-10-18-39-36-15-5-4-14-33(36)26-29-40(39)44/h1-31H. The molecule has 0 saturated heterocycles. The van der Waals surface area contributed by atoms with Crippen LogP contribution in [0.15, 0.2) is 192 Å². The van der Waals surface area contributed by atoms with E-state index in [1.54, 1.807) is 0 Å². The van der Waals surface area contributed by atoms with Crippen molar-refractivity contribution in [2.45, 2.75) is 0 Å². The van der Waals surface area contributed by atoms with E-state index in [0.29, 0.717) is 0 Å². The molecule has 2 aromatic heterocycles. The quantitative estimate of drug-likeness (QED) is 0.167. The monoisotopic (exact) mass is 693 g/mol. The lowest BCUT2D eigenvalue weighted by atomic mass is 9.94. The number of anilines is 3. The van der Waals surface area contributed by atoms with E-state index >= 15 is 0 Å². The molecule has 0 bridgehead atoms. The number of hydrogen-bond donors (Lipinski definition) is 0. The van der Waals surface area contributed by atoms with Crippen LogP contribution in [0.1, 0.15) is 0 Å². The summed E-state index contributed by atoms with van der Waals surface area (Å²) < 4.78 is 9.18. The average Bonchev–Trinajstić information content (AvgIpc) is 3.81. The Balaban J connectivity index is 1.13. The Morgan fingerprint density at radius 1 is 0.396 bits per heavy atom. The van der Waals surface area contributed by atoms with Gasteiger partial charge in [-0.2, -0.15) is 0 Å². The van der Waals surface area contributed by atoms with E-state index in [1.165, 1.54) is 47.4 Å². The number of fused-ring (bicyclic) bond motifs is 9. The van der Waals surface area contributed by atoms with Crippen LogP contribution in [0.2, 0.25) is 0 Å². The van der Waals surface area contributed by atoms with E-state index in [1.807, 2.05) is 17.4 Å². The minimum atomic E-state index is 0.898. The molecule has 0 saturated carbocycles. The van der Waals surface area contributed by atoms with Gasteiger partial charge in [0, 0.05) is 42.9 Å². The molecule has 53 heavy (non-hydrogen) atoms. The van der Waals surface area contributed by atoms with E-state index in [-0.39, 0.29) is 0 Å². The van der Waals surface area contributed by atoms with Gasteiger partial charge < -0.3 is 9.32 Å². The minimum Gasteiger partial charge on any atom is -0.455 e. The molecule has 2 nitrogen and oxygen atoms in total. The first kappa shape index (κ1) is 30.0. The van der Waals surface area contributed by atoms with Crippen LogP contribution in [0.3, 0.4) is 0 Å². The Hall–Kier alpha value is -6.68. The molecule has 0 fully saturated rings. The van der Waals surface area contributed by atoms with Gasteiger partial charge in [-0.1, -0.05) is 146 Å². The first-order valence-corrected chi connectivity index (χ1v) is 18.8. The number of benzene rings is 9. The first-order valence-electron chi connectivity index (χ1n) is 18.0. The topological polar surface area (TPSA) is 16.4 Å². The van der Waals surface area contributed by atoms with Crippen molar-refractivity contribution in [2.75, 3.05) is 4.90 Å². The van der Waals surface area contributed by atoms with E-state index in [4.69, 9.17) is 4.42 Å². The molecule has 3 heteroatoms. The van der Waals surface area contributed by atoms with Crippen LogP contribution in [0.25, 0.3) is 85.9 Å². The summed E-state index contributed by atoms with van der Waals surface area (Å²) in [4.78, 5) is 2.46. The molecule has 0 unspecified atom stereocenters. The highest BCUT2D eigenvalue weighted by Gasteiger charge is 2.22. The van der Waals surface area contributed by atoms with Crippen molar-refractivity contribution in [3.63, 3.8) is 0 Å². The SMILES string of the molecule is c1ccc(-c2ccc(-c3ccc(N(c4cccc5c4ccc4ccccc45)c4cccc5c4sc4ccccc45)cc3)c3c2oc2ccccc23)cc1. The second kappa shape index (κ2) is 11.9. The van der Waals surface area contributed by atoms with Gasteiger partial charge in [-0.05, 0) is 75.3 Å². The summed E-state index contributed by atoms with van der Waals surface area (Å²) in [5.41, 5.74) is 9.80. The van der Waals surface area contributed by atoms with Crippen LogP contribution < -0.4 is 4.90 Å². The maximum absolute atomic E-state index is 6.61. The van der Waals surface area contributed by atoms with Crippen LogP contribution in [0.4, 0.5) is 17.1 Å². The van der Waals surface area contributed by atoms with Gasteiger partial charge in [-0.15, -0.1) is 11.3 Å². The highest BCUT2D eigenvalue weighted by molar-refractivity contribution is 7.26. The second-order valence-corrected chi connectivity index (χ2v) is 14.7. The van der Waals surface area contributed by atoms with Crippen LogP contribution >= 0.6 is 11.3 Å². The number of para-hydroxylation sites is 1. The summed E-state index contributed by atoms with van der Waals surface area (Å²) in [7, 11) is 0. The number of rotatable bonds is 5. The van der Waals surface area contributed by atoms with Gasteiger partial charge in [0.15, 0.2) is 0 Å². The molecule has 248 valence electrons. The molecule has 11 rings (SSSR count). The lowest BCUT2D eigenvalue weighted by Gasteiger charge is -2.28. The largest absolute Gasteiger partial charge is 0.455 e. The molecule has 0 aliphatic carbocycles. The van der Waals surface area contributed by atoms with E-state index in [9.17, 15) is 0 Å². The van der Waals surface area contributed by atoms with Gasteiger partial charge in [-0.3, -0.25) is 0 Å². The zero-order valence-corrected chi connectivity index (χ0v) is 29.5. The van der Waals surface area contributed by atoms with Crippen LogP contribution in [-0.2, 0) is 0 Å². The molecule has 0 aliphatic heterocycles. The predicted octanol–water partition coefficient (Wildman–Crippen LogP) is 15.1. The summed E-state index contributed by atoms with van der Waals surface area (Å²) in [5, 5.41) is 9.82. The maximum Gasteiger partial charge on any atom is 0.143 e. The lowest BCUT2D eigenvalue weighted by molar-refractivity contribution is 0.670. The molecular formula is C50H31NOS. The van der Waals surface area contributed by atoms with Crippen molar-refractivity contribution in [2.24, 2.45) is 0 Å². The molecule has 0 amide bonds. The minimum absolute atomic E-state index is 0.898. The van der Waals surface area contributed by atoms with Gasteiger partial charge >= 0.3 is 0 Å². The molecule has 2 heterocycles. The molecule has 9 aromatic carbocycles. The molecule has 0 radical (unpaired) electrons. The van der Waals surface area contributed by atoms with Gasteiger partial charge in [0.05, 0.1) is 16.1 Å². The Morgan fingerprint density at radius 3 is 1.92 bits per heavy atom. The van der Waals surface area contributed by atoms with Gasteiger partial charge in [0.25, 0.3) is 0 Å². The maximum atomic E-state index is 6.61. The van der Waals surface area contributed by atoms with Crippen molar-refractivity contribution in [3.8, 4) is 22.3 Å². The molecular weight excluding hydrogens is 663 g/mol. The van der Waals surface area contributed by atoms with Crippen LogP contribution in [-0.4, -0.2) is 0 Å². The summed E-state index contributed by atoms with van der Waals surface area (Å²) in [6, 6.07) is 67.9. The van der Waals surface area contributed by atoms with Crippen molar-refractivity contribution >= 4 is 92.1 Å².